The van der Waals surface area contributed by atoms with E-state index in [0.717, 1.165) is 17.7 Å². The first-order chi connectivity index (χ1) is 5.70. The summed E-state index contributed by atoms with van der Waals surface area (Å²) in [7, 11) is 2.31. The zero-order chi connectivity index (χ0) is 9.03. The third-order valence-electron chi connectivity index (χ3n) is 2.57. The molecule has 0 spiro atoms. The quantitative estimate of drug-likeness (QED) is 0.475. The normalized spacial score (nSPS) is 26.2. The molecule has 3 heteroatoms. The van der Waals surface area contributed by atoms with Crippen molar-refractivity contribution in [2.24, 2.45) is 0 Å². The fourth-order valence-electron chi connectivity index (χ4n) is 1.63. The maximum Gasteiger partial charge on any atom is 0.158 e. The maximum absolute atomic E-state index is 2.37. The number of unbranched alkanes of at least 4 members (excludes halogenated alkanes) is 1. The molecule has 0 aromatic heterocycles. The van der Waals surface area contributed by atoms with E-state index in [1.54, 1.807) is 0 Å². The standard InChI is InChI=1S/C10H21N2.HI/c1-4-6-8-12(3)9-7-11(5-2)10-12;/h7,9H,4-6,8,10H2,1-3H3;1H/q+1;/p-1. The lowest BCUT2D eigenvalue weighted by molar-refractivity contribution is -0.861. The molecule has 0 N–H and O–H groups in total. The van der Waals surface area contributed by atoms with E-state index in [-0.39, 0.29) is 24.0 Å². The molecule has 0 aliphatic carbocycles. The van der Waals surface area contributed by atoms with Gasteiger partial charge < -0.3 is 28.9 Å². The van der Waals surface area contributed by atoms with Gasteiger partial charge in [0, 0.05) is 6.54 Å². The summed E-state index contributed by atoms with van der Waals surface area (Å²) >= 11 is 0. The van der Waals surface area contributed by atoms with E-state index in [1.165, 1.54) is 19.4 Å². The molecule has 1 unspecified atom stereocenters. The average Bonchev–Trinajstić information content (AvgIpc) is 2.45. The second kappa shape index (κ2) is 5.86. The molecule has 0 amide bonds. The minimum atomic E-state index is 0. The van der Waals surface area contributed by atoms with Gasteiger partial charge in [-0.3, -0.25) is 4.48 Å². The molecule has 1 rings (SSSR count). The molecule has 78 valence electrons. The van der Waals surface area contributed by atoms with Crippen LogP contribution in [0.15, 0.2) is 12.4 Å². The monoisotopic (exact) mass is 296 g/mol. The SMILES string of the molecule is CCCC[N+]1(C)C=CN(CC)C1.[I-]. The van der Waals surface area contributed by atoms with Crippen molar-refractivity contribution in [3.8, 4) is 0 Å². The number of halogens is 1. The van der Waals surface area contributed by atoms with Crippen LogP contribution in [0.5, 0.6) is 0 Å². The molecule has 0 aromatic rings. The Hall–Kier alpha value is 0.230. The fraction of sp³-hybridized carbons (Fsp3) is 0.800. The summed E-state index contributed by atoms with van der Waals surface area (Å²) in [5.74, 6) is 0. The van der Waals surface area contributed by atoms with Crippen molar-refractivity contribution in [1.29, 1.82) is 0 Å². The summed E-state index contributed by atoms with van der Waals surface area (Å²) in [4.78, 5) is 2.37. The van der Waals surface area contributed by atoms with E-state index in [2.05, 4.69) is 38.2 Å². The maximum atomic E-state index is 2.37. The number of hydrogen-bond donors (Lipinski definition) is 0. The molecule has 1 aliphatic heterocycles. The van der Waals surface area contributed by atoms with E-state index in [0.29, 0.717) is 0 Å². The van der Waals surface area contributed by atoms with Gasteiger partial charge in [-0.15, -0.1) is 0 Å². The molecular formula is C10H21IN2. The summed E-state index contributed by atoms with van der Waals surface area (Å²) < 4.78 is 1.10. The molecule has 1 aliphatic rings. The summed E-state index contributed by atoms with van der Waals surface area (Å²) in [5, 5.41) is 0. The Balaban J connectivity index is 0.00000144. The molecule has 1 atom stereocenters. The minimum absolute atomic E-state index is 0. The molecule has 0 bridgehead atoms. The molecule has 0 radical (unpaired) electrons. The van der Waals surface area contributed by atoms with Gasteiger partial charge in [-0.1, -0.05) is 13.3 Å². The van der Waals surface area contributed by atoms with Gasteiger partial charge in [0.1, 0.15) is 6.20 Å². The first-order valence-corrected chi connectivity index (χ1v) is 4.98. The van der Waals surface area contributed by atoms with E-state index in [9.17, 15) is 0 Å². The third-order valence-corrected chi connectivity index (χ3v) is 2.57. The van der Waals surface area contributed by atoms with E-state index in [1.807, 2.05) is 0 Å². The Morgan fingerprint density at radius 3 is 2.54 bits per heavy atom. The highest BCUT2D eigenvalue weighted by atomic mass is 127. The van der Waals surface area contributed by atoms with Crippen LogP contribution in [-0.4, -0.2) is 36.2 Å². The summed E-state index contributed by atoms with van der Waals surface area (Å²) in [6, 6.07) is 0. The molecule has 13 heavy (non-hydrogen) atoms. The van der Waals surface area contributed by atoms with Crippen LogP contribution in [0.25, 0.3) is 0 Å². The van der Waals surface area contributed by atoms with Crippen molar-refractivity contribution in [3.05, 3.63) is 12.4 Å². The molecule has 0 saturated carbocycles. The van der Waals surface area contributed by atoms with E-state index < -0.39 is 0 Å². The second-order valence-electron chi connectivity index (χ2n) is 3.90. The number of nitrogens with zero attached hydrogens (tertiary/aromatic N) is 2. The molecule has 0 aromatic carbocycles. The lowest BCUT2D eigenvalue weighted by atomic mass is 10.3. The summed E-state index contributed by atoms with van der Waals surface area (Å²) in [5.41, 5.74) is 0. The highest BCUT2D eigenvalue weighted by Crippen LogP contribution is 2.15. The van der Waals surface area contributed by atoms with E-state index >= 15 is 0 Å². The van der Waals surface area contributed by atoms with Gasteiger partial charge in [0.05, 0.1) is 19.8 Å². The van der Waals surface area contributed by atoms with Crippen LogP contribution in [0.3, 0.4) is 0 Å². The Morgan fingerprint density at radius 1 is 1.38 bits per heavy atom. The van der Waals surface area contributed by atoms with Crippen LogP contribution in [0, 0.1) is 0 Å². The van der Waals surface area contributed by atoms with Gasteiger partial charge >= 0.3 is 0 Å². The predicted molar refractivity (Wildman–Crippen MR) is 52.3 cm³/mol. The van der Waals surface area contributed by atoms with Crippen molar-refractivity contribution in [2.45, 2.75) is 26.7 Å². The zero-order valence-corrected chi connectivity index (χ0v) is 11.1. The minimum Gasteiger partial charge on any atom is -1.00 e. The van der Waals surface area contributed by atoms with Crippen molar-refractivity contribution in [1.82, 2.24) is 4.90 Å². The largest absolute Gasteiger partial charge is 1.00 e. The Bertz CT molecular complexity index is 170. The molecular weight excluding hydrogens is 275 g/mol. The number of hydrogen-bond acceptors (Lipinski definition) is 1. The third kappa shape index (κ3) is 3.85. The molecule has 2 nitrogen and oxygen atoms in total. The molecule has 1 heterocycles. The van der Waals surface area contributed by atoms with Gasteiger partial charge in [0.25, 0.3) is 0 Å². The topological polar surface area (TPSA) is 3.24 Å². The first kappa shape index (κ1) is 13.2. The molecule has 0 saturated heterocycles. The van der Waals surface area contributed by atoms with Crippen molar-refractivity contribution in [2.75, 3.05) is 26.8 Å². The van der Waals surface area contributed by atoms with Gasteiger partial charge in [0.2, 0.25) is 0 Å². The van der Waals surface area contributed by atoms with Gasteiger partial charge in [-0.05, 0) is 13.3 Å². The van der Waals surface area contributed by atoms with Gasteiger partial charge in [-0.2, -0.15) is 0 Å². The Labute approximate surface area is 99.2 Å². The predicted octanol–water partition coefficient (Wildman–Crippen LogP) is -0.999. The first-order valence-electron chi connectivity index (χ1n) is 4.98. The van der Waals surface area contributed by atoms with Crippen LogP contribution in [-0.2, 0) is 0 Å². The Morgan fingerprint density at radius 2 is 2.08 bits per heavy atom. The second-order valence-corrected chi connectivity index (χ2v) is 3.90. The van der Waals surface area contributed by atoms with Crippen molar-refractivity contribution in [3.63, 3.8) is 0 Å². The number of rotatable bonds is 4. The van der Waals surface area contributed by atoms with Crippen LogP contribution in [0.2, 0.25) is 0 Å². The lowest BCUT2D eigenvalue weighted by Gasteiger charge is -2.28. The van der Waals surface area contributed by atoms with Crippen molar-refractivity contribution < 1.29 is 28.5 Å². The average molecular weight is 296 g/mol. The zero-order valence-electron chi connectivity index (χ0n) is 8.96. The smallest absolute Gasteiger partial charge is 0.158 e. The Kier molecular flexibility index (Phi) is 5.96. The summed E-state index contributed by atoms with van der Waals surface area (Å²) in [6.07, 6.45) is 7.18. The lowest BCUT2D eigenvalue weighted by Crippen LogP contribution is -3.00. The fourth-order valence-corrected chi connectivity index (χ4v) is 1.63. The molecule has 0 fully saturated rings. The van der Waals surface area contributed by atoms with Crippen LogP contribution < -0.4 is 24.0 Å². The van der Waals surface area contributed by atoms with Crippen molar-refractivity contribution >= 4 is 0 Å². The highest BCUT2D eigenvalue weighted by molar-refractivity contribution is 4.80. The van der Waals surface area contributed by atoms with Gasteiger partial charge in [0.15, 0.2) is 6.67 Å². The number of quaternary nitrogens is 1. The van der Waals surface area contributed by atoms with Crippen LogP contribution in [0.4, 0.5) is 0 Å². The van der Waals surface area contributed by atoms with Crippen LogP contribution in [0.1, 0.15) is 26.7 Å². The van der Waals surface area contributed by atoms with Crippen LogP contribution >= 0.6 is 0 Å². The van der Waals surface area contributed by atoms with Gasteiger partial charge in [-0.25, -0.2) is 0 Å². The highest BCUT2D eigenvalue weighted by Gasteiger charge is 2.25. The summed E-state index contributed by atoms with van der Waals surface area (Å²) in [6.45, 7) is 8.04. The van der Waals surface area contributed by atoms with E-state index in [4.69, 9.17) is 0 Å².